The molecule has 0 saturated heterocycles. The number of carbonyl (C=O) groups is 1. The Balaban J connectivity index is 1.87. The number of nitrogens with zero attached hydrogens (tertiary/aromatic N) is 2. The summed E-state index contributed by atoms with van der Waals surface area (Å²) >= 11 is 0. The molecular weight excluding hydrogens is 344 g/mol. The van der Waals surface area contributed by atoms with Crippen molar-refractivity contribution in [2.75, 3.05) is 19.7 Å². The van der Waals surface area contributed by atoms with E-state index in [0.29, 0.717) is 25.1 Å². The number of nitro groups is 1. The predicted octanol–water partition coefficient (Wildman–Crippen LogP) is 3.82. The molecule has 0 aromatic heterocycles. The first-order valence-corrected chi connectivity index (χ1v) is 8.98. The third-order valence-corrected chi connectivity index (χ3v) is 4.62. The van der Waals surface area contributed by atoms with Gasteiger partial charge in [0.1, 0.15) is 0 Å². The number of ether oxygens (including phenoxy) is 1. The van der Waals surface area contributed by atoms with Crippen LogP contribution in [-0.4, -0.2) is 35.5 Å². The highest BCUT2D eigenvalue weighted by Crippen LogP contribution is 2.30. The molecule has 1 aliphatic rings. The topological polar surface area (TPSA) is 72.7 Å². The second-order valence-electron chi connectivity index (χ2n) is 6.43. The molecule has 1 heterocycles. The molecule has 0 amide bonds. The van der Waals surface area contributed by atoms with E-state index in [2.05, 4.69) is 17.0 Å². The highest BCUT2D eigenvalue weighted by atomic mass is 16.6. The van der Waals surface area contributed by atoms with E-state index in [1.165, 1.54) is 17.7 Å². The smallest absolute Gasteiger partial charge is 0.335 e. The average Bonchev–Trinajstić information content (AvgIpc) is 2.69. The molecule has 0 atom stereocenters. The molecule has 0 bridgehead atoms. The van der Waals surface area contributed by atoms with Crippen LogP contribution in [0.1, 0.15) is 24.5 Å². The van der Waals surface area contributed by atoms with Crippen LogP contribution in [0.15, 0.2) is 60.2 Å². The van der Waals surface area contributed by atoms with Crippen LogP contribution in [0.3, 0.4) is 0 Å². The van der Waals surface area contributed by atoms with Crippen molar-refractivity contribution in [2.24, 2.45) is 0 Å². The molecule has 0 saturated carbocycles. The van der Waals surface area contributed by atoms with Crippen LogP contribution in [0.25, 0.3) is 5.57 Å². The summed E-state index contributed by atoms with van der Waals surface area (Å²) in [6.45, 7) is 4.17. The Morgan fingerprint density at radius 2 is 1.85 bits per heavy atom. The Morgan fingerprint density at radius 3 is 2.48 bits per heavy atom. The molecule has 6 nitrogen and oxygen atoms in total. The van der Waals surface area contributed by atoms with Gasteiger partial charge in [0.05, 0.1) is 17.1 Å². The van der Waals surface area contributed by atoms with E-state index in [4.69, 9.17) is 4.74 Å². The first-order valence-electron chi connectivity index (χ1n) is 8.98. The molecular formula is C21H22N2O4. The lowest BCUT2D eigenvalue weighted by atomic mass is 9.93. The fourth-order valence-corrected chi connectivity index (χ4v) is 3.30. The van der Waals surface area contributed by atoms with E-state index in [1.807, 2.05) is 18.2 Å². The van der Waals surface area contributed by atoms with Gasteiger partial charge in [0.2, 0.25) is 0 Å². The lowest BCUT2D eigenvalue weighted by Gasteiger charge is -2.30. The maximum absolute atomic E-state index is 12.5. The second-order valence-corrected chi connectivity index (χ2v) is 6.43. The van der Waals surface area contributed by atoms with Gasteiger partial charge in [-0.1, -0.05) is 30.3 Å². The van der Waals surface area contributed by atoms with Crippen LogP contribution in [0.2, 0.25) is 0 Å². The zero-order valence-electron chi connectivity index (χ0n) is 15.3. The minimum Gasteiger partial charge on any atom is -0.463 e. The van der Waals surface area contributed by atoms with Crippen molar-refractivity contribution in [2.45, 2.75) is 19.9 Å². The van der Waals surface area contributed by atoms with Gasteiger partial charge in [-0.3, -0.25) is 15.0 Å². The van der Waals surface area contributed by atoms with E-state index in [1.54, 1.807) is 19.1 Å². The second kappa shape index (κ2) is 8.60. The van der Waals surface area contributed by atoms with Crippen molar-refractivity contribution in [3.8, 4) is 0 Å². The van der Waals surface area contributed by atoms with Gasteiger partial charge in [-0.05, 0) is 42.2 Å². The first kappa shape index (κ1) is 18.8. The van der Waals surface area contributed by atoms with E-state index in [9.17, 15) is 14.9 Å². The summed E-state index contributed by atoms with van der Waals surface area (Å²) in [5, 5.41) is 10.9. The van der Waals surface area contributed by atoms with Crippen molar-refractivity contribution >= 4 is 17.2 Å². The maximum Gasteiger partial charge on any atom is 0.335 e. The Kier molecular flexibility index (Phi) is 5.98. The van der Waals surface area contributed by atoms with Gasteiger partial charge in [-0.15, -0.1) is 0 Å². The van der Waals surface area contributed by atoms with Crippen molar-refractivity contribution < 1.29 is 14.5 Å². The van der Waals surface area contributed by atoms with Gasteiger partial charge in [-0.2, -0.15) is 0 Å². The molecule has 1 aliphatic heterocycles. The van der Waals surface area contributed by atoms with Gasteiger partial charge >= 0.3 is 5.97 Å². The number of hydrogen-bond donors (Lipinski definition) is 0. The van der Waals surface area contributed by atoms with Crippen molar-refractivity contribution in [3.63, 3.8) is 0 Å². The fourth-order valence-electron chi connectivity index (χ4n) is 3.30. The Morgan fingerprint density at radius 1 is 1.15 bits per heavy atom. The molecule has 3 rings (SSSR count). The quantitative estimate of drug-likeness (QED) is 0.441. The summed E-state index contributed by atoms with van der Waals surface area (Å²) in [5.74, 6) is -0.316. The minimum atomic E-state index is -0.424. The summed E-state index contributed by atoms with van der Waals surface area (Å²) in [5.41, 5.74) is 3.61. The molecule has 0 fully saturated rings. The van der Waals surface area contributed by atoms with Gasteiger partial charge in [0.25, 0.3) is 5.69 Å². The predicted molar refractivity (Wildman–Crippen MR) is 103 cm³/mol. The Hall–Kier alpha value is -2.99. The molecule has 140 valence electrons. The molecule has 2 aromatic carbocycles. The summed E-state index contributed by atoms with van der Waals surface area (Å²) in [7, 11) is 0. The van der Waals surface area contributed by atoms with Crippen LogP contribution in [0.5, 0.6) is 0 Å². The number of carbonyl (C=O) groups excluding carboxylic acids is 1. The highest BCUT2D eigenvalue weighted by molar-refractivity contribution is 5.98. The molecule has 0 radical (unpaired) electrons. The number of esters is 1. The average molecular weight is 366 g/mol. The van der Waals surface area contributed by atoms with E-state index in [0.717, 1.165) is 24.2 Å². The van der Waals surface area contributed by atoms with Crippen molar-refractivity contribution in [1.82, 2.24) is 4.90 Å². The number of rotatable bonds is 6. The Bertz CT molecular complexity index is 844. The summed E-state index contributed by atoms with van der Waals surface area (Å²) in [6.07, 6.45) is 0.693. The molecule has 0 spiro atoms. The third-order valence-electron chi connectivity index (χ3n) is 4.62. The third kappa shape index (κ3) is 4.60. The molecule has 6 heteroatoms. The molecule has 0 unspecified atom stereocenters. The van der Waals surface area contributed by atoms with Crippen LogP contribution in [-0.2, 0) is 16.1 Å². The van der Waals surface area contributed by atoms with E-state index >= 15 is 0 Å². The van der Waals surface area contributed by atoms with E-state index in [-0.39, 0.29) is 11.7 Å². The summed E-state index contributed by atoms with van der Waals surface area (Å²) < 4.78 is 5.26. The first-order chi connectivity index (χ1) is 13.1. The molecule has 0 N–H and O–H groups in total. The molecule has 2 aromatic rings. The summed E-state index contributed by atoms with van der Waals surface area (Å²) in [6, 6.07) is 16.5. The lowest BCUT2D eigenvalue weighted by Crippen LogP contribution is -2.34. The number of nitro benzene ring substituents is 1. The van der Waals surface area contributed by atoms with Crippen LogP contribution >= 0.6 is 0 Å². The van der Waals surface area contributed by atoms with Gasteiger partial charge in [-0.25, -0.2) is 4.79 Å². The monoisotopic (exact) mass is 366 g/mol. The van der Waals surface area contributed by atoms with Crippen LogP contribution in [0, 0.1) is 10.1 Å². The summed E-state index contributed by atoms with van der Waals surface area (Å²) in [4.78, 5) is 25.2. The SMILES string of the molecule is CCOC(=O)C1=C(c2ccc([N+](=O)[O-])cc2)CCN(Cc2ccccc2)C1. The van der Waals surface area contributed by atoms with E-state index < -0.39 is 4.92 Å². The van der Waals surface area contributed by atoms with Gasteiger partial charge in [0.15, 0.2) is 0 Å². The largest absolute Gasteiger partial charge is 0.463 e. The number of non-ortho nitro benzene ring substituents is 1. The van der Waals surface area contributed by atoms with Gasteiger partial charge < -0.3 is 4.74 Å². The standard InChI is InChI=1S/C21H22N2O4/c1-2-27-21(24)20-15-22(14-16-6-4-3-5-7-16)13-12-19(20)17-8-10-18(11-9-17)23(25)26/h3-11H,2,12-15H2,1H3. The molecule has 27 heavy (non-hydrogen) atoms. The highest BCUT2D eigenvalue weighted by Gasteiger charge is 2.26. The van der Waals surface area contributed by atoms with Crippen LogP contribution < -0.4 is 0 Å². The van der Waals surface area contributed by atoms with Gasteiger partial charge in [0, 0.05) is 31.8 Å². The zero-order chi connectivity index (χ0) is 19.2. The number of benzene rings is 2. The normalized spacial score (nSPS) is 14.9. The van der Waals surface area contributed by atoms with Crippen molar-refractivity contribution in [1.29, 1.82) is 0 Å². The lowest BCUT2D eigenvalue weighted by molar-refractivity contribution is -0.384. The maximum atomic E-state index is 12.5. The number of hydrogen-bond acceptors (Lipinski definition) is 5. The zero-order valence-corrected chi connectivity index (χ0v) is 15.3. The van der Waals surface area contributed by atoms with Crippen molar-refractivity contribution in [3.05, 3.63) is 81.4 Å². The Labute approximate surface area is 158 Å². The van der Waals surface area contributed by atoms with Crippen LogP contribution in [0.4, 0.5) is 5.69 Å². The minimum absolute atomic E-state index is 0.0403. The molecule has 0 aliphatic carbocycles. The fraction of sp³-hybridized carbons (Fsp3) is 0.286.